The van der Waals surface area contributed by atoms with E-state index >= 15 is 0 Å². The summed E-state index contributed by atoms with van der Waals surface area (Å²) >= 11 is 0. The largest absolute Gasteiger partial charge is 0.497 e. The summed E-state index contributed by atoms with van der Waals surface area (Å²) in [6, 6.07) is 10.7. The SMILES string of the molecule is COc1ccc(C2C(C#N)=C(N)N(NC(=O)c3cccnc3)C3=C2C(=O)CC(C)(C)C3)c(OC)c1. The quantitative estimate of drug-likeness (QED) is 0.677. The molecule has 2 aromatic rings. The number of ketones is 1. The van der Waals surface area contributed by atoms with E-state index in [2.05, 4.69) is 16.5 Å². The number of hydrogen-bond donors (Lipinski definition) is 2. The van der Waals surface area contributed by atoms with Crippen LogP contribution in [0.1, 0.15) is 48.5 Å². The van der Waals surface area contributed by atoms with Crippen LogP contribution in [-0.4, -0.2) is 35.9 Å². The van der Waals surface area contributed by atoms with Crippen LogP contribution in [0.4, 0.5) is 0 Å². The molecule has 9 nitrogen and oxygen atoms in total. The van der Waals surface area contributed by atoms with E-state index in [9.17, 15) is 14.9 Å². The molecule has 1 aromatic heterocycles. The molecular formula is C26H27N5O4. The van der Waals surface area contributed by atoms with E-state index in [1.807, 2.05) is 13.8 Å². The molecule has 1 aromatic carbocycles. The first-order valence-electron chi connectivity index (χ1n) is 11.1. The molecule has 180 valence electrons. The van der Waals surface area contributed by atoms with Crippen LogP contribution in [0.25, 0.3) is 0 Å². The molecule has 9 heteroatoms. The van der Waals surface area contributed by atoms with Gasteiger partial charge in [-0.05, 0) is 30.0 Å². The van der Waals surface area contributed by atoms with Crippen LogP contribution < -0.4 is 20.6 Å². The molecule has 1 amide bonds. The number of nitriles is 1. The number of carbonyl (C=O) groups excluding carboxylic acids is 2. The molecular weight excluding hydrogens is 446 g/mol. The van der Waals surface area contributed by atoms with Crippen molar-refractivity contribution in [2.75, 3.05) is 14.2 Å². The van der Waals surface area contributed by atoms with Crippen LogP contribution in [0.2, 0.25) is 0 Å². The molecule has 0 saturated heterocycles. The smallest absolute Gasteiger partial charge is 0.271 e. The Morgan fingerprint density at radius 2 is 2.03 bits per heavy atom. The van der Waals surface area contributed by atoms with Gasteiger partial charge >= 0.3 is 0 Å². The van der Waals surface area contributed by atoms with Crippen LogP contribution in [0, 0.1) is 16.7 Å². The molecule has 4 rings (SSSR count). The number of ether oxygens (including phenoxy) is 2. The lowest BCUT2D eigenvalue weighted by Crippen LogP contribution is -2.49. The number of pyridine rings is 1. The monoisotopic (exact) mass is 473 g/mol. The van der Waals surface area contributed by atoms with Crippen molar-refractivity contribution >= 4 is 11.7 Å². The molecule has 1 unspecified atom stereocenters. The Morgan fingerprint density at radius 1 is 1.26 bits per heavy atom. The molecule has 0 spiro atoms. The zero-order chi connectivity index (χ0) is 25.3. The highest BCUT2D eigenvalue weighted by Gasteiger charge is 2.45. The number of rotatable bonds is 5. The molecule has 0 fully saturated rings. The third-order valence-electron chi connectivity index (χ3n) is 6.27. The Hall–Kier alpha value is -4.32. The summed E-state index contributed by atoms with van der Waals surface area (Å²) in [5.41, 5.74) is 11.0. The second-order valence-electron chi connectivity index (χ2n) is 9.27. The molecule has 35 heavy (non-hydrogen) atoms. The summed E-state index contributed by atoms with van der Waals surface area (Å²) in [5, 5.41) is 11.6. The highest BCUT2D eigenvalue weighted by molar-refractivity contribution is 6.01. The number of carbonyl (C=O) groups is 2. The van der Waals surface area contributed by atoms with Crippen molar-refractivity contribution < 1.29 is 19.1 Å². The van der Waals surface area contributed by atoms with Crippen molar-refractivity contribution in [1.82, 2.24) is 15.4 Å². The molecule has 0 radical (unpaired) electrons. The van der Waals surface area contributed by atoms with Gasteiger partial charge in [-0.2, -0.15) is 5.26 Å². The molecule has 1 aliphatic heterocycles. The van der Waals surface area contributed by atoms with E-state index in [1.165, 1.54) is 18.3 Å². The Kier molecular flexibility index (Phi) is 6.22. The maximum Gasteiger partial charge on any atom is 0.271 e. The predicted molar refractivity (Wildman–Crippen MR) is 128 cm³/mol. The minimum absolute atomic E-state index is 0.0526. The Balaban J connectivity index is 1.90. The van der Waals surface area contributed by atoms with Crippen LogP contribution in [0.3, 0.4) is 0 Å². The van der Waals surface area contributed by atoms with E-state index in [0.717, 1.165) is 0 Å². The highest BCUT2D eigenvalue weighted by atomic mass is 16.5. The topological polar surface area (TPSA) is 131 Å². The molecule has 2 heterocycles. The van der Waals surface area contributed by atoms with Gasteiger partial charge in [0.25, 0.3) is 5.91 Å². The molecule has 2 aliphatic rings. The maximum absolute atomic E-state index is 13.6. The minimum Gasteiger partial charge on any atom is -0.497 e. The van der Waals surface area contributed by atoms with Gasteiger partial charge in [0.05, 0.1) is 43.0 Å². The number of methoxy groups -OCH3 is 2. The number of nitrogens with two attached hydrogens (primary N) is 1. The van der Waals surface area contributed by atoms with Crippen molar-refractivity contribution in [2.45, 2.75) is 32.6 Å². The normalized spacial score (nSPS) is 19.1. The van der Waals surface area contributed by atoms with E-state index in [0.29, 0.717) is 46.7 Å². The first-order valence-corrected chi connectivity index (χ1v) is 11.1. The van der Waals surface area contributed by atoms with Gasteiger partial charge in [-0.15, -0.1) is 0 Å². The summed E-state index contributed by atoms with van der Waals surface area (Å²) in [5.74, 6) is -0.218. The van der Waals surface area contributed by atoms with Gasteiger partial charge in [0.1, 0.15) is 17.3 Å². The number of allylic oxidation sites excluding steroid dienone is 3. The number of amides is 1. The van der Waals surface area contributed by atoms with Crippen molar-refractivity contribution in [3.05, 3.63) is 76.5 Å². The van der Waals surface area contributed by atoms with E-state index in [1.54, 1.807) is 43.6 Å². The van der Waals surface area contributed by atoms with Gasteiger partial charge in [0.2, 0.25) is 0 Å². The fourth-order valence-electron chi connectivity index (χ4n) is 4.67. The number of benzene rings is 1. The Morgan fingerprint density at radius 3 is 2.66 bits per heavy atom. The van der Waals surface area contributed by atoms with Gasteiger partial charge < -0.3 is 15.2 Å². The molecule has 0 bridgehead atoms. The number of hydrogen-bond acceptors (Lipinski definition) is 8. The van der Waals surface area contributed by atoms with E-state index in [-0.39, 0.29) is 22.6 Å². The predicted octanol–water partition coefficient (Wildman–Crippen LogP) is 3.18. The maximum atomic E-state index is 13.6. The van der Waals surface area contributed by atoms with Crippen molar-refractivity contribution in [3.8, 4) is 17.6 Å². The molecule has 1 aliphatic carbocycles. The minimum atomic E-state index is -0.744. The fourth-order valence-corrected chi connectivity index (χ4v) is 4.67. The summed E-state index contributed by atoms with van der Waals surface area (Å²) < 4.78 is 10.9. The van der Waals surface area contributed by atoms with Crippen molar-refractivity contribution in [1.29, 1.82) is 5.26 Å². The second kappa shape index (κ2) is 9.14. The standard InChI is InChI=1S/C26H27N5O4/c1-26(2)11-19-23(20(32)12-26)22(17-8-7-16(34-3)10-21(17)35-4)18(13-27)24(28)31(19)30-25(33)15-6-5-9-29-14-15/h5-10,14,22H,11-12,28H2,1-4H3,(H,30,33). The molecule has 0 saturated carbocycles. The second-order valence-corrected chi connectivity index (χ2v) is 9.27. The Labute approximate surface area is 203 Å². The highest BCUT2D eigenvalue weighted by Crippen LogP contribution is 2.50. The first kappa shape index (κ1) is 23.8. The third kappa shape index (κ3) is 4.30. The third-order valence-corrected chi connectivity index (χ3v) is 6.27. The average Bonchev–Trinajstić information content (AvgIpc) is 2.84. The lowest BCUT2D eigenvalue weighted by atomic mass is 9.69. The van der Waals surface area contributed by atoms with E-state index in [4.69, 9.17) is 15.2 Å². The van der Waals surface area contributed by atoms with Gasteiger partial charge in [0, 0.05) is 36.0 Å². The Bertz CT molecular complexity index is 1290. The number of nitrogens with zero attached hydrogens (tertiary/aromatic N) is 3. The van der Waals surface area contributed by atoms with Crippen LogP contribution in [0.15, 0.2) is 65.4 Å². The van der Waals surface area contributed by atoms with E-state index < -0.39 is 11.8 Å². The molecule has 3 N–H and O–H groups in total. The van der Waals surface area contributed by atoms with Crippen molar-refractivity contribution in [3.63, 3.8) is 0 Å². The number of hydrazine groups is 1. The first-order chi connectivity index (χ1) is 16.7. The number of aromatic nitrogens is 1. The zero-order valence-electron chi connectivity index (χ0n) is 20.1. The molecule has 1 atom stereocenters. The summed E-state index contributed by atoms with van der Waals surface area (Å²) in [4.78, 5) is 30.6. The summed E-state index contributed by atoms with van der Waals surface area (Å²) in [6.45, 7) is 3.97. The zero-order valence-corrected chi connectivity index (χ0v) is 20.1. The average molecular weight is 474 g/mol. The fraction of sp³-hybridized carbons (Fsp3) is 0.308. The number of nitrogens with one attached hydrogen (secondary N) is 1. The van der Waals surface area contributed by atoms with Gasteiger partial charge in [0.15, 0.2) is 5.78 Å². The number of Topliss-reactive ketones (excluding diaryl/α,β-unsaturated/α-hetero) is 1. The summed E-state index contributed by atoms with van der Waals surface area (Å²) in [7, 11) is 3.06. The lowest BCUT2D eigenvalue weighted by molar-refractivity contribution is -0.118. The van der Waals surface area contributed by atoms with Crippen LogP contribution in [0.5, 0.6) is 11.5 Å². The van der Waals surface area contributed by atoms with Crippen LogP contribution in [-0.2, 0) is 4.79 Å². The lowest BCUT2D eigenvalue weighted by Gasteiger charge is -2.43. The van der Waals surface area contributed by atoms with Crippen molar-refractivity contribution in [2.24, 2.45) is 11.1 Å². The van der Waals surface area contributed by atoms with Gasteiger partial charge in [-0.1, -0.05) is 19.9 Å². The van der Waals surface area contributed by atoms with Gasteiger partial charge in [-0.3, -0.25) is 20.0 Å². The van der Waals surface area contributed by atoms with Gasteiger partial charge in [-0.25, -0.2) is 5.01 Å². The summed E-state index contributed by atoms with van der Waals surface area (Å²) in [6.07, 6.45) is 3.76. The van der Waals surface area contributed by atoms with Crippen LogP contribution >= 0.6 is 0 Å².